The first-order valence-electron chi connectivity index (χ1n) is 7.21. The summed E-state index contributed by atoms with van der Waals surface area (Å²) in [6.07, 6.45) is 9.33. The van der Waals surface area contributed by atoms with E-state index in [9.17, 15) is 0 Å². The smallest absolute Gasteiger partial charge is 0.148 e. The number of halogens is 1. The maximum Gasteiger partial charge on any atom is 0.148 e. The van der Waals surface area contributed by atoms with Gasteiger partial charge in [-0.2, -0.15) is 0 Å². The lowest BCUT2D eigenvalue weighted by atomic mass is 9.96. The summed E-state index contributed by atoms with van der Waals surface area (Å²) in [7, 11) is 0. The molecule has 3 nitrogen and oxygen atoms in total. The zero-order valence-corrected chi connectivity index (χ0v) is 12.3. The highest BCUT2D eigenvalue weighted by molar-refractivity contribution is 6.16. The molecule has 0 radical (unpaired) electrons. The fraction of sp³-hybridized carbons (Fsp3) is 0.857. The average Bonchev–Trinajstić information content (AvgIpc) is 2.57. The molecule has 4 heteroatoms. The Bertz CT molecular complexity index is 365. The summed E-state index contributed by atoms with van der Waals surface area (Å²) >= 11 is 5.94. The van der Waals surface area contributed by atoms with Crippen molar-refractivity contribution in [3.05, 3.63) is 11.6 Å². The Morgan fingerprint density at radius 2 is 1.72 bits per heavy atom. The highest BCUT2D eigenvalue weighted by atomic mass is 35.5. The molecular weight excluding hydrogens is 246 g/mol. The molecule has 1 saturated carbocycles. The summed E-state index contributed by atoms with van der Waals surface area (Å²) in [4.78, 5) is 0. The van der Waals surface area contributed by atoms with Crippen molar-refractivity contribution in [1.82, 2.24) is 14.8 Å². The summed E-state index contributed by atoms with van der Waals surface area (Å²) in [6, 6.07) is 0.398. The van der Waals surface area contributed by atoms with Crippen LogP contribution in [-0.2, 0) is 12.3 Å². The van der Waals surface area contributed by atoms with E-state index in [1.54, 1.807) is 0 Å². The molecule has 1 aromatic heterocycles. The first-order valence-corrected chi connectivity index (χ1v) is 7.74. The SMILES string of the molecule is CC(C)n1c(CCl)nnc1CC1CCCCCC1. The molecule has 1 aliphatic carbocycles. The van der Waals surface area contributed by atoms with Crippen LogP contribution in [0.3, 0.4) is 0 Å². The Morgan fingerprint density at radius 3 is 2.28 bits per heavy atom. The predicted molar refractivity (Wildman–Crippen MR) is 74.9 cm³/mol. The third-order valence-corrected chi connectivity index (χ3v) is 4.16. The lowest BCUT2D eigenvalue weighted by molar-refractivity contribution is 0.428. The van der Waals surface area contributed by atoms with Gasteiger partial charge < -0.3 is 4.57 Å². The van der Waals surface area contributed by atoms with Crippen molar-refractivity contribution in [2.24, 2.45) is 5.92 Å². The number of alkyl halides is 1. The molecule has 0 atom stereocenters. The third-order valence-electron chi connectivity index (χ3n) is 3.92. The van der Waals surface area contributed by atoms with Gasteiger partial charge >= 0.3 is 0 Å². The molecular formula is C14H24ClN3. The van der Waals surface area contributed by atoms with E-state index in [0.29, 0.717) is 11.9 Å². The Balaban J connectivity index is 2.10. The Kier molecular flexibility index (Phi) is 5.04. The number of aromatic nitrogens is 3. The lowest BCUT2D eigenvalue weighted by Gasteiger charge is -2.17. The van der Waals surface area contributed by atoms with Crippen LogP contribution in [0.4, 0.5) is 0 Å². The maximum atomic E-state index is 5.94. The van der Waals surface area contributed by atoms with Crippen LogP contribution < -0.4 is 0 Å². The Labute approximate surface area is 115 Å². The van der Waals surface area contributed by atoms with E-state index in [4.69, 9.17) is 11.6 Å². The molecule has 102 valence electrons. The van der Waals surface area contributed by atoms with Gasteiger partial charge in [-0.25, -0.2) is 0 Å². The molecule has 0 amide bonds. The lowest BCUT2D eigenvalue weighted by Crippen LogP contribution is -2.13. The van der Waals surface area contributed by atoms with Gasteiger partial charge in [-0.05, 0) is 19.8 Å². The number of hydrogen-bond donors (Lipinski definition) is 0. The first-order chi connectivity index (χ1) is 8.72. The van der Waals surface area contributed by atoms with Crippen molar-refractivity contribution in [1.29, 1.82) is 0 Å². The molecule has 0 bridgehead atoms. The van der Waals surface area contributed by atoms with Crippen LogP contribution in [0.5, 0.6) is 0 Å². The van der Waals surface area contributed by atoms with Gasteiger partial charge in [0.15, 0.2) is 0 Å². The molecule has 1 aromatic rings. The van der Waals surface area contributed by atoms with Gasteiger partial charge in [0.2, 0.25) is 0 Å². The van der Waals surface area contributed by atoms with Crippen molar-refractivity contribution < 1.29 is 0 Å². The third kappa shape index (κ3) is 3.25. The minimum Gasteiger partial charge on any atom is -0.311 e. The Morgan fingerprint density at radius 1 is 1.11 bits per heavy atom. The topological polar surface area (TPSA) is 30.7 Å². The van der Waals surface area contributed by atoms with Crippen molar-refractivity contribution >= 4 is 11.6 Å². The molecule has 0 aliphatic heterocycles. The van der Waals surface area contributed by atoms with Crippen LogP contribution in [0.2, 0.25) is 0 Å². The molecule has 18 heavy (non-hydrogen) atoms. The maximum absolute atomic E-state index is 5.94. The molecule has 1 fully saturated rings. The fourth-order valence-electron chi connectivity index (χ4n) is 3.01. The minimum atomic E-state index is 0.398. The van der Waals surface area contributed by atoms with Gasteiger partial charge in [-0.15, -0.1) is 21.8 Å². The van der Waals surface area contributed by atoms with Crippen LogP contribution in [0.1, 0.15) is 70.1 Å². The van der Waals surface area contributed by atoms with Crippen LogP contribution >= 0.6 is 11.6 Å². The summed E-state index contributed by atoms with van der Waals surface area (Å²) in [6.45, 7) is 4.35. The Hall–Kier alpha value is -0.570. The predicted octanol–water partition coefficient (Wildman–Crippen LogP) is 4.11. The molecule has 0 N–H and O–H groups in total. The average molecular weight is 270 g/mol. The van der Waals surface area contributed by atoms with Crippen molar-refractivity contribution in [3.63, 3.8) is 0 Å². The second-order valence-corrected chi connectivity index (χ2v) is 5.96. The van der Waals surface area contributed by atoms with Crippen LogP contribution in [0.25, 0.3) is 0 Å². The van der Waals surface area contributed by atoms with Gasteiger partial charge in [0.1, 0.15) is 11.6 Å². The van der Waals surface area contributed by atoms with E-state index in [1.807, 2.05) is 0 Å². The van der Waals surface area contributed by atoms with E-state index in [0.717, 1.165) is 24.0 Å². The number of nitrogens with zero attached hydrogens (tertiary/aromatic N) is 3. The van der Waals surface area contributed by atoms with Crippen LogP contribution in [-0.4, -0.2) is 14.8 Å². The minimum absolute atomic E-state index is 0.398. The van der Waals surface area contributed by atoms with Gasteiger partial charge in [-0.1, -0.05) is 38.5 Å². The summed E-state index contributed by atoms with van der Waals surface area (Å²) in [5.74, 6) is 3.29. The van der Waals surface area contributed by atoms with Gasteiger partial charge in [0.25, 0.3) is 0 Å². The van der Waals surface area contributed by atoms with Gasteiger partial charge in [0, 0.05) is 12.5 Å². The van der Waals surface area contributed by atoms with Crippen LogP contribution in [0, 0.1) is 5.92 Å². The molecule has 0 saturated heterocycles. The van der Waals surface area contributed by atoms with Crippen molar-refractivity contribution in [2.75, 3.05) is 0 Å². The first kappa shape index (κ1) is 13.9. The molecule has 0 spiro atoms. The van der Waals surface area contributed by atoms with E-state index < -0.39 is 0 Å². The zero-order chi connectivity index (χ0) is 13.0. The van der Waals surface area contributed by atoms with E-state index in [1.165, 1.54) is 38.5 Å². The molecule has 2 rings (SSSR count). The fourth-order valence-corrected chi connectivity index (χ4v) is 3.20. The van der Waals surface area contributed by atoms with E-state index in [-0.39, 0.29) is 0 Å². The molecule has 0 unspecified atom stereocenters. The van der Waals surface area contributed by atoms with Gasteiger partial charge in [0.05, 0.1) is 5.88 Å². The second-order valence-electron chi connectivity index (χ2n) is 5.69. The quantitative estimate of drug-likeness (QED) is 0.608. The van der Waals surface area contributed by atoms with E-state index >= 15 is 0 Å². The van der Waals surface area contributed by atoms with Crippen molar-refractivity contribution in [3.8, 4) is 0 Å². The molecule has 0 aromatic carbocycles. The highest BCUT2D eigenvalue weighted by Crippen LogP contribution is 2.26. The van der Waals surface area contributed by atoms with Gasteiger partial charge in [-0.3, -0.25) is 0 Å². The number of rotatable bonds is 4. The zero-order valence-electron chi connectivity index (χ0n) is 11.5. The van der Waals surface area contributed by atoms with Crippen LogP contribution in [0.15, 0.2) is 0 Å². The summed E-state index contributed by atoms with van der Waals surface area (Å²) < 4.78 is 2.22. The second kappa shape index (κ2) is 6.55. The molecule has 1 aliphatic rings. The molecule has 1 heterocycles. The monoisotopic (exact) mass is 269 g/mol. The standard InChI is InChI=1S/C14H24ClN3/c1-11(2)18-13(16-17-14(18)10-15)9-12-7-5-3-4-6-8-12/h11-12H,3-10H2,1-2H3. The largest absolute Gasteiger partial charge is 0.311 e. The van der Waals surface area contributed by atoms with E-state index in [2.05, 4.69) is 28.6 Å². The normalized spacial score (nSPS) is 18.2. The number of hydrogen-bond acceptors (Lipinski definition) is 2. The summed E-state index contributed by atoms with van der Waals surface area (Å²) in [5.41, 5.74) is 0. The van der Waals surface area contributed by atoms with Crippen molar-refractivity contribution in [2.45, 2.75) is 70.7 Å². The highest BCUT2D eigenvalue weighted by Gasteiger charge is 2.19. The summed E-state index contributed by atoms with van der Waals surface area (Å²) in [5, 5.41) is 8.59.